The van der Waals surface area contributed by atoms with Crippen LogP contribution in [0.4, 0.5) is 13.2 Å². The van der Waals surface area contributed by atoms with Gasteiger partial charge in [-0.1, -0.05) is 42.5 Å². The summed E-state index contributed by atoms with van der Waals surface area (Å²) in [6.45, 7) is 0. The normalized spacial score (nSPS) is 10.4. The van der Waals surface area contributed by atoms with Crippen molar-refractivity contribution in [1.82, 2.24) is 0 Å². The van der Waals surface area contributed by atoms with E-state index >= 15 is 0 Å². The summed E-state index contributed by atoms with van der Waals surface area (Å²) < 4.78 is 36.6. The molecule has 7 heteroatoms. The summed E-state index contributed by atoms with van der Waals surface area (Å²) in [6.07, 6.45) is -4.54. The van der Waals surface area contributed by atoms with E-state index in [0.29, 0.717) is 5.56 Å². The van der Waals surface area contributed by atoms with Crippen LogP contribution in [0.3, 0.4) is 0 Å². The molecule has 2 rings (SSSR count). The first-order valence-electron chi connectivity index (χ1n) is 5.94. The zero-order valence-electron chi connectivity index (χ0n) is 11.1. The van der Waals surface area contributed by atoms with Gasteiger partial charge in [-0.25, -0.2) is 0 Å². The summed E-state index contributed by atoms with van der Waals surface area (Å²) in [5.41, 5.74) is 3.81. The second kappa shape index (κ2) is 7.61. The molecule has 0 aliphatic rings. The van der Waals surface area contributed by atoms with Gasteiger partial charge in [0.1, 0.15) is 0 Å². The Balaban J connectivity index is 0.000000235. The molecule has 0 bridgehead atoms. The van der Waals surface area contributed by atoms with Crippen LogP contribution < -0.4 is 5.73 Å². The molecule has 0 saturated carbocycles. The van der Waals surface area contributed by atoms with Gasteiger partial charge in [0.05, 0.1) is 11.1 Å². The van der Waals surface area contributed by atoms with Gasteiger partial charge in [-0.05, 0) is 23.7 Å². The topological polar surface area (TPSA) is 60.2 Å². The van der Waals surface area contributed by atoms with Crippen LogP contribution in [0.1, 0.15) is 26.3 Å². The molecule has 3 nitrogen and oxygen atoms in total. The quantitative estimate of drug-likeness (QED) is 0.850. The highest BCUT2D eigenvalue weighted by Gasteiger charge is 2.34. The first-order chi connectivity index (χ1) is 10.2. The van der Waals surface area contributed by atoms with E-state index in [4.69, 9.17) is 17.3 Å². The molecule has 0 atom stereocenters. The van der Waals surface area contributed by atoms with Gasteiger partial charge in [0, 0.05) is 5.56 Å². The molecule has 0 spiro atoms. The Labute approximate surface area is 129 Å². The van der Waals surface area contributed by atoms with Crippen molar-refractivity contribution in [2.75, 3.05) is 0 Å². The molecular formula is C15H11ClF3NO2. The van der Waals surface area contributed by atoms with Gasteiger partial charge in [-0.2, -0.15) is 13.2 Å². The number of hydrogen-bond acceptors (Lipinski definition) is 2. The maximum atomic E-state index is 12.2. The molecule has 0 aliphatic heterocycles. The van der Waals surface area contributed by atoms with Crippen molar-refractivity contribution in [3.8, 4) is 0 Å². The van der Waals surface area contributed by atoms with Gasteiger partial charge in [0.25, 0.3) is 5.24 Å². The van der Waals surface area contributed by atoms with Gasteiger partial charge >= 0.3 is 6.18 Å². The number of primary amides is 1. The molecule has 0 unspecified atom stereocenters. The number of benzene rings is 2. The smallest absolute Gasteiger partial charge is 0.366 e. The van der Waals surface area contributed by atoms with Gasteiger partial charge in [-0.15, -0.1) is 0 Å². The average molecular weight is 330 g/mol. The fourth-order valence-corrected chi connectivity index (χ4v) is 1.64. The van der Waals surface area contributed by atoms with E-state index in [1.165, 1.54) is 12.1 Å². The number of hydrogen-bond donors (Lipinski definition) is 1. The molecule has 0 saturated heterocycles. The molecule has 0 radical (unpaired) electrons. The molecule has 0 heterocycles. The molecule has 2 N–H and O–H groups in total. The lowest BCUT2D eigenvalue weighted by Gasteiger charge is -2.09. The van der Waals surface area contributed by atoms with E-state index in [2.05, 4.69) is 0 Å². The SMILES string of the molecule is NC(=O)c1ccccc1C(F)(F)F.O=C(Cl)c1ccccc1. The van der Waals surface area contributed by atoms with E-state index in [1.807, 2.05) is 6.07 Å². The summed E-state index contributed by atoms with van der Waals surface area (Å²) in [5.74, 6) is -1.08. The van der Waals surface area contributed by atoms with Crippen molar-refractivity contribution in [2.45, 2.75) is 6.18 Å². The third-order valence-corrected chi connectivity index (χ3v) is 2.72. The minimum atomic E-state index is -4.54. The molecule has 1 amide bonds. The number of carbonyl (C=O) groups is 2. The van der Waals surface area contributed by atoms with E-state index in [-0.39, 0.29) is 0 Å². The average Bonchev–Trinajstić information content (AvgIpc) is 2.48. The molecule has 0 aromatic heterocycles. The van der Waals surface area contributed by atoms with E-state index < -0.39 is 28.5 Å². The zero-order valence-corrected chi connectivity index (χ0v) is 11.9. The lowest BCUT2D eigenvalue weighted by atomic mass is 10.1. The van der Waals surface area contributed by atoms with Crippen LogP contribution in [0.25, 0.3) is 0 Å². The largest absolute Gasteiger partial charge is 0.417 e. The second-order valence-electron chi connectivity index (χ2n) is 4.05. The number of carbonyl (C=O) groups excluding carboxylic acids is 2. The van der Waals surface area contributed by atoms with Crippen LogP contribution in [-0.4, -0.2) is 11.1 Å². The van der Waals surface area contributed by atoms with Crippen LogP contribution in [0, 0.1) is 0 Å². The summed E-state index contributed by atoms with van der Waals surface area (Å²) in [5, 5.41) is -0.407. The van der Waals surface area contributed by atoms with Gasteiger partial charge in [0.15, 0.2) is 0 Å². The molecule has 116 valence electrons. The van der Waals surface area contributed by atoms with Crippen molar-refractivity contribution in [2.24, 2.45) is 5.73 Å². The Kier molecular flexibility index (Phi) is 6.12. The van der Waals surface area contributed by atoms with E-state index in [9.17, 15) is 22.8 Å². The minimum absolute atomic E-state index is 0.407. The van der Waals surface area contributed by atoms with Crippen molar-refractivity contribution in [3.05, 3.63) is 71.3 Å². The van der Waals surface area contributed by atoms with Crippen molar-refractivity contribution in [1.29, 1.82) is 0 Å². The Morgan fingerprint density at radius 1 is 0.909 bits per heavy atom. The van der Waals surface area contributed by atoms with Crippen LogP contribution in [0.2, 0.25) is 0 Å². The maximum absolute atomic E-state index is 12.2. The van der Waals surface area contributed by atoms with Gasteiger partial charge in [0.2, 0.25) is 5.91 Å². The Morgan fingerprint density at radius 2 is 1.41 bits per heavy atom. The summed E-state index contributed by atoms with van der Waals surface area (Å²) >= 11 is 5.16. The Bertz CT molecular complexity index is 657. The number of alkyl halides is 3. The van der Waals surface area contributed by atoms with Gasteiger partial charge < -0.3 is 5.73 Å². The number of nitrogens with two attached hydrogens (primary N) is 1. The third kappa shape index (κ3) is 5.21. The minimum Gasteiger partial charge on any atom is -0.366 e. The highest BCUT2D eigenvalue weighted by atomic mass is 35.5. The number of halogens is 4. The monoisotopic (exact) mass is 329 g/mol. The van der Waals surface area contributed by atoms with Crippen LogP contribution in [0.5, 0.6) is 0 Å². The summed E-state index contributed by atoms with van der Waals surface area (Å²) in [7, 11) is 0. The first kappa shape index (κ1) is 17.7. The first-order valence-corrected chi connectivity index (χ1v) is 6.32. The second-order valence-corrected chi connectivity index (χ2v) is 4.39. The number of rotatable bonds is 2. The van der Waals surface area contributed by atoms with Crippen LogP contribution in [0.15, 0.2) is 54.6 Å². The molecular weight excluding hydrogens is 319 g/mol. The zero-order chi connectivity index (χ0) is 16.8. The highest BCUT2D eigenvalue weighted by molar-refractivity contribution is 6.67. The number of amides is 1. The van der Waals surface area contributed by atoms with Crippen molar-refractivity contribution in [3.63, 3.8) is 0 Å². The van der Waals surface area contributed by atoms with Crippen LogP contribution >= 0.6 is 11.6 Å². The summed E-state index contributed by atoms with van der Waals surface area (Å²) in [4.78, 5) is 21.0. The van der Waals surface area contributed by atoms with E-state index in [0.717, 1.165) is 12.1 Å². The predicted octanol–water partition coefficient (Wildman–Crippen LogP) is 3.87. The summed E-state index contributed by atoms with van der Waals surface area (Å²) in [6, 6.07) is 13.1. The lowest BCUT2D eigenvalue weighted by molar-refractivity contribution is -0.137. The Hall–Kier alpha value is -2.34. The fourth-order valence-electron chi connectivity index (χ4n) is 1.51. The van der Waals surface area contributed by atoms with Crippen LogP contribution in [-0.2, 0) is 6.18 Å². The fraction of sp³-hybridized carbons (Fsp3) is 0.0667. The molecule has 0 fully saturated rings. The lowest BCUT2D eigenvalue weighted by Crippen LogP contribution is -2.18. The Morgan fingerprint density at radius 3 is 1.77 bits per heavy atom. The third-order valence-electron chi connectivity index (χ3n) is 2.50. The maximum Gasteiger partial charge on any atom is 0.417 e. The van der Waals surface area contributed by atoms with Crippen molar-refractivity contribution >= 4 is 22.8 Å². The predicted molar refractivity (Wildman–Crippen MR) is 76.6 cm³/mol. The van der Waals surface area contributed by atoms with E-state index in [1.54, 1.807) is 24.3 Å². The molecule has 2 aromatic carbocycles. The molecule has 22 heavy (non-hydrogen) atoms. The highest BCUT2D eigenvalue weighted by Crippen LogP contribution is 2.31. The van der Waals surface area contributed by atoms with Crippen molar-refractivity contribution < 1.29 is 22.8 Å². The van der Waals surface area contributed by atoms with Gasteiger partial charge in [-0.3, -0.25) is 9.59 Å². The molecule has 0 aliphatic carbocycles. The standard InChI is InChI=1S/C8H6F3NO.C7H5ClO/c9-8(10,11)6-4-2-1-3-5(6)7(12)13;8-7(9)6-4-2-1-3-5-6/h1-4H,(H2,12,13);1-5H. The molecule has 2 aromatic rings.